The van der Waals surface area contributed by atoms with E-state index < -0.39 is 23.2 Å². The molecule has 0 aliphatic carbocycles. The van der Waals surface area contributed by atoms with Crippen LogP contribution in [0.3, 0.4) is 0 Å². The van der Waals surface area contributed by atoms with E-state index in [2.05, 4.69) is 37.3 Å². The van der Waals surface area contributed by atoms with E-state index in [9.17, 15) is 14.7 Å². The predicted octanol–water partition coefficient (Wildman–Crippen LogP) is 3.34. The summed E-state index contributed by atoms with van der Waals surface area (Å²) < 4.78 is 1.14. The number of carbonyl (C=O) groups is 2. The maximum atomic E-state index is 12.3. The number of phenolic OH excluding ortho intramolecular Hbond substituents is 1. The molecule has 0 spiro atoms. The van der Waals surface area contributed by atoms with Crippen molar-refractivity contribution in [3.8, 4) is 5.75 Å². The van der Waals surface area contributed by atoms with Gasteiger partial charge in [0.25, 0.3) is 11.8 Å². The third kappa shape index (κ3) is 3.33. The lowest BCUT2D eigenvalue weighted by Crippen LogP contribution is -2.63. The number of benzene rings is 2. The number of β-lactam (4-membered cyclic amide) rings is 1. The molecule has 4 N–H and O–H groups in total. The average Bonchev–Trinajstić information content (AvgIpc) is 2.58. The number of hydrazine groups is 1. The first-order valence-corrected chi connectivity index (χ1v) is 9.13. The molecule has 2 atom stereocenters. The summed E-state index contributed by atoms with van der Waals surface area (Å²) >= 11 is 12.7. The molecule has 2 aromatic carbocycles. The standard InChI is InChI=1S/C16H12Br2ClN3O3/c17-8-5-10(14(23)11(18)6-8)13-12(19)16(25)22(13)21-15(24)7-1-3-9(20)4-2-7/h1-6,12-13,23H,20H2,(H,21,24)/t12-,13+/m0/s1. The fourth-order valence-electron chi connectivity index (χ4n) is 2.49. The quantitative estimate of drug-likeness (QED) is 0.350. The summed E-state index contributed by atoms with van der Waals surface area (Å²) in [6.45, 7) is 0. The van der Waals surface area contributed by atoms with E-state index in [1.54, 1.807) is 36.4 Å². The minimum absolute atomic E-state index is 0.0434. The van der Waals surface area contributed by atoms with Crippen molar-refractivity contribution in [3.63, 3.8) is 0 Å². The molecular formula is C16H12Br2ClN3O3. The minimum Gasteiger partial charge on any atom is -0.506 e. The SMILES string of the molecule is Nc1ccc(C(=O)NN2C(=O)[C@@H](Cl)[C@H]2c2cc(Br)cc(Br)c2O)cc1. The minimum atomic E-state index is -0.890. The lowest BCUT2D eigenvalue weighted by atomic mass is 9.94. The van der Waals surface area contributed by atoms with Gasteiger partial charge in [0, 0.05) is 21.3 Å². The number of alkyl halides is 1. The first kappa shape index (κ1) is 18.0. The van der Waals surface area contributed by atoms with E-state index in [0.717, 1.165) is 5.01 Å². The van der Waals surface area contributed by atoms with Gasteiger partial charge in [-0.1, -0.05) is 15.9 Å². The van der Waals surface area contributed by atoms with Crippen molar-refractivity contribution < 1.29 is 14.7 Å². The maximum Gasteiger partial charge on any atom is 0.269 e. The van der Waals surface area contributed by atoms with Crippen molar-refractivity contribution in [2.45, 2.75) is 11.4 Å². The average molecular weight is 490 g/mol. The monoisotopic (exact) mass is 487 g/mol. The molecular weight excluding hydrogens is 477 g/mol. The summed E-state index contributed by atoms with van der Waals surface area (Å²) in [6.07, 6.45) is 0. The number of nitrogens with two attached hydrogens (primary N) is 1. The van der Waals surface area contributed by atoms with Gasteiger partial charge in [0.1, 0.15) is 17.2 Å². The molecule has 2 amide bonds. The van der Waals surface area contributed by atoms with Crippen LogP contribution in [0.15, 0.2) is 45.3 Å². The number of hydrogen-bond donors (Lipinski definition) is 3. The van der Waals surface area contributed by atoms with Gasteiger partial charge in [0.2, 0.25) is 0 Å². The summed E-state index contributed by atoms with van der Waals surface area (Å²) in [5, 5.41) is 10.5. The number of nitrogen functional groups attached to an aromatic ring is 1. The molecule has 1 heterocycles. The van der Waals surface area contributed by atoms with Crippen LogP contribution in [0.1, 0.15) is 22.0 Å². The largest absolute Gasteiger partial charge is 0.506 e. The number of rotatable bonds is 3. The molecule has 0 unspecified atom stereocenters. The van der Waals surface area contributed by atoms with E-state index in [4.69, 9.17) is 17.3 Å². The van der Waals surface area contributed by atoms with Crippen LogP contribution in [0.25, 0.3) is 0 Å². The Bertz CT molecular complexity index is 860. The smallest absolute Gasteiger partial charge is 0.269 e. The number of hydrogen-bond acceptors (Lipinski definition) is 4. The van der Waals surface area contributed by atoms with Crippen LogP contribution in [-0.2, 0) is 4.79 Å². The van der Waals surface area contributed by atoms with Gasteiger partial charge in [-0.2, -0.15) is 0 Å². The van der Waals surface area contributed by atoms with Crippen LogP contribution in [0, 0.1) is 0 Å². The maximum absolute atomic E-state index is 12.3. The van der Waals surface area contributed by atoms with Crippen LogP contribution in [-0.4, -0.2) is 27.3 Å². The zero-order chi connectivity index (χ0) is 18.3. The molecule has 1 aliphatic heterocycles. The molecule has 2 aromatic rings. The van der Waals surface area contributed by atoms with Crippen molar-refractivity contribution in [2.75, 3.05) is 5.73 Å². The van der Waals surface area contributed by atoms with E-state index in [1.807, 2.05) is 0 Å². The number of nitrogens with zero attached hydrogens (tertiary/aromatic N) is 1. The zero-order valence-corrected chi connectivity index (χ0v) is 16.5. The van der Waals surface area contributed by atoms with Gasteiger partial charge in [-0.05, 0) is 52.3 Å². The van der Waals surface area contributed by atoms with E-state index in [-0.39, 0.29) is 5.75 Å². The Hall–Kier alpha value is -1.77. The highest BCUT2D eigenvalue weighted by Gasteiger charge is 2.49. The van der Waals surface area contributed by atoms with Crippen molar-refractivity contribution in [2.24, 2.45) is 0 Å². The first-order chi connectivity index (χ1) is 11.8. The topological polar surface area (TPSA) is 95.7 Å². The Morgan fingerprint density at radius 3 is 2.52 bits per heavy atom. The van der Waals surface area contributed by atoms with Crippen LogP contribution < -0.4 is 11.2 Å². The third-order valence-corrected chi connectivity index (χ3v) is 5.29. The van der Waals surface area contributed by atoms with Crippen LogP contribution in [0.5, 0.6) is 5.75 Å². The van der Waals surface area contributed by atoms with Crippen molar-refractivity contribution in [3.05, 3.63) is 56.5 Å². The normalized spacial score (nSPS) is 19.5. The molecule has 0 aromatic heterocycles. The van der Waals surface area contributed by atoms with Gasteiger partial charge >= 0.3 is 0 Å². The van der Waals surface area contributed by atoms with Gasteiger partial charge in [-0.15, -0.1) is 11.6 Å². The molecule has 1 saturated heterocycles. The predicted molar refractivity (Wildman–Crippen MR) is 101 cm³/mol. The summed E-state index contributed by atoms with van der Waals surface area (Å²) in [5.41, 5.74) is 9.41. The molecule has 25 heavy (non-hydrogen) atoms. The van der Waals surface area contributed by atoms with Crippen molar-refractivity contribution in [1.29, 1.82) is 0 Å². The highest BCUT2D eigenvalue weighted by Crippen LogP contribution is 2.44. The Labute approximate surface area is 165 Å². The molecule has 6 nitrogen and oxygen atoms in total. The van der Waals surface area contributed by atoms with Gasteiger partial charge in [0.15, 0.2) is 0 Å². The highest BCUT2D eigenvalue weighted by molar-refractivity contribution is 9.11. The van der Waals surface area contributed by atoms with Gasteiger partial charge in [-0.3, -0.25) is 15.0 Å². The summed E-state index contributed by atoms with van der Waals surface area (Å²) in [6, 6.07) is 8.90. The number of phenols is 1. The van der Waals surface area contributed by atoms with Crippen LogP contribution >= 0.6 is 43.5 Å². The molecule has 1 aliphatic rings. The molecule has 0 saturated carbocycles. The second kappa shape index (κ2) is 6.86. The van der Waals surface area contributed by atoms with Crippen LogP contribution in [0.4, 0.5) is 5.69 Å². The first-order valence-electron chi connectivity index (χ1n) is 7.11. The van der Waals surface area contributed by atoms with Gasteiger partial charge < -0.3 is 10.8 Å². The van der Waals surface area contributed by atoms with Crippen LogP contribution in [0.2, 0.25) is 0 Å². The second-order valence-electron chi connectivity index (χ2n) is 5.44. The number of nitrogens with one attached hydrogen (secondary N) is 1. The third-order valence-electron chi connectivity index (χ3n) is 3.80. The van der Waals surface area contributed by atoms with E-state index in [0.29, 0.717) is 25.8 Å². The molecule has 0 bridgehead atoms. The second-order valence-corrected chi connectivity index (χ2v) is 7.68. The van der Waals surface area contributed by atoms with E-state index >= 15 is 0 Å². The van der Waals surface area contributed by atoms with Crippen molar-refractivity contribution in [1.82, 2.24) is 10.4 Å². The number of anilines is 1. The zero-order valence-electron chi connectivity index (χ0n) is 12.5. The Balaban J connectivity index is 1.87. The Morgan fingerprint density at radius 2 is 1.88 bits per heavy atom. The fourth-order valence-corrected chi connectivity index (χ4v) is 4.11. The number of amides is 2. The molecule has 0 radical (unpaired) electrons. The Kier molecular flexibility index (Phi) is 4.95. The summed E-state index contributed by atoms with van der Waals surface area (Å²) in [5.74, 6) is -0.973. The van der Waals surface area contributed by atoms with E-state index in [1.165, 1.54) is 0 Å². The molecule has 1 fully saturated rings. The molecule has 3 rings (SSSR count). The highest BCUT2D eigenvalue weighted by atomic mass is 79.9. The van der Waals surface area contributed by atoms with Crippen molar-refractivity contribution >= 4 is 61.0 Å². The molecule has 9 heteroatoms. The lowest BCUT2D eigenvalue weighted by molar-refractivity contribution is -0.149. The number of halogens is 3. The number of carbonyl (C=O) groups excluding carboxylic acids is 2. The summed E-state index contributed by atoms with van der Waals surface area (Å²) in [7, 11) is 0. The Morgan fingerprint density at radius 1 is 1.24 bits per heavy atom. The number of aromatic hydroxyl groups is 1. The fraction of sp³-hybridized carbons (Fsp3) is 0.125. The van der Waals surface area contributed by atoms with Gasteiger partial charge in [0.05, 0.1) is 4.47 Å². The lowest BCUT2D eigenvalue weighted by Gasteiger charge is -2.44. The summed E-state index contributed by atoms with van der Waals surface area (Å²) in [4.78, 5) is 24.4. The van der Waals surface area contributed by atoms with Gasteiger partial charge in [-0.25, -0.2) is 5.01 Å². The molecule has 130 valence electrons.